The van der Waals surface area contributed by atoms with Crippen LogP contribution in [0.2, 0.25) is 0 Å². The van der Waals surface area contributed by atoms with Gasteiger partial charge in [0.1, 0.15) is 6.04 Å². The van der Waals surface area contributed by atoms with E-state index in [1.54, 1.807) is 6.92 Å². The highest BCUT2D eigenvalue weighted by Gasteiger charge is 2.27. The molecule has 1 amide bonds. The Bertz CT molecular complexity index is 314. The number of amides is 1. The number of aliphatic carboxylic acids is 1. The number of nitrogens with one attached hydrogen (secondary N) is 1. The largest absolute Gasteiger partial charge is 0.480 e. The van der Waals surface area contributed by atoms with Gasteiger partial charge in [0.05, 0.1) is 0 Å². The third kappa shape index (κ3) is 4.80. The summed E-state index contributed by atoms with van der Waals surface area (Å²) in [4.78, 5) is 26.7. The second kappa shape index (κ2) is 7.45. The van der Waals surface area contributed by atoms with Gasteiger partial charge in [-0.1, -0.05) is 6.92 Å². The lowest BCUT2D eigenvalue weighted by molar-refractivity contribution is -0.144. The lowest BCUT2D eigenvalue weighted by Crippen LogP contribution is -2.53. The fourth-order valence-electron chi connectivity index (χ4n) is 2.33. The zero-order valence-corrected chi connectivity index (χ0v) is 12.1. The minimum absolute atomic E-state index is 0.149. The van der Waals surface area contributed by atoms with E-state index in [4.69, 9.17) is 5.11 Å². The van der Waals surface area contributed by atoms with Gasteiger partial charge in [-0.15, -0.1) is 0 Å². The van der Waals surface area contributed by atoms with Crippen molar-refractivity contribution in [3.63, 3.8) is 0 Å². The van der Waals surface area contributed by atoms with E-state index in [0.717, 1.165) is 6.54 Å². The Hall–Kier alpha value is -1.14. The quantitative estimate of drug-likeness (QED) is 0.711. The second-order valence-electron chi connectivity index (χ2n) is 5.09. The summed E-state index contributed by atoms with van der Waals surface area (Å²) in [5.41, 5.74) is 0. The Labute approximate surface area is 114 Å². The summed E-state index contributed by atoms with van der Waals surface area (Å²) in [6.07, 6.45) is 0.502. The molecule has 1 heterocycles. The highest BCUT2D eigenvalue weighted by Crippen LogP contribution is 2.08. The van der Waals surface area contributed by atoms with Gasteiger partial charge in [0.2, 0.25) is 5.91 Å². The fraction of sp³-hybridized carbons (Fsp3) is 0.846. The minimum atomic E-state index is -0.805. The van der Waals surface area contributed by atoms with Crippen LogP contribution in [0.5, 0.6) is 0 Å². The molecule has 1 saturated heterocycles. The Morgan fingerprint density at radius 3 is 2.26 bits per heavy atom. The first-order valence-electron chi connectivity index (χ1n) is 6.93. The van der Waals surface area contributed by atoms with Gasteiger partial charge in [0.25, 0.3) is 0 Å². The van der Waals surface area contributed by atoms with Crippen molar-refractivity contribution in [3.05, 3.63) is 0 Å². The van der Waals surface area contributed by atoms with E-state index in [0.29, 0.717) is 32.6 Å². The van der Waals surface area contributed by atoms with Crippen LogP contribution in [0, 0.1) is 0 Å². The zero-order chi connectivity index (χ0) is 14.4. The molecule has 6 nitrogen and oxygen atoms in total. The van der Waals surface area contributed by atoms with E-state index in [1.807, 2.05) is 23.6 Å². The standard InChI is InChI=1S/C13H25N3O3/c1-4-14-10(2)9-12(17)16-7-5-15(6-8-16)11(3)13(18)19/h10-11,14H,4-9H2,1-3H3,(H,18,19). The van der Waals surface area contributed by atoms with E-state index in [1.165, 1.54) is 0 Å². The van der Waals surface area contributed by atoms with Crippen molar-refractivity contribution in [1.29, 1.82) is 0 Å². The molecule has 0 bridgehead atoms. The number of carbonyl (C=O) groups excluding carboxylic acids is 1. The predicted molar refractivity (Wildman–Crippen MR) is 73.0 cm³/mol. The van der Waals surface area contributed by atoms with Gasteiger partial charge in [0, 0.05) is 38.6 Å². The molecule has 0 radical (unpaired) electrons. The molecule has 0 spiro atoms. The van der Waals surface area contributed by atoms with Crippen molar-refractivity contribution in [2.45, 2.75) is 39.3 Å². The maximum Gasteiger partial charge on any atom is 0.320 e. The van der Waals surface area contributed by atoms with Crippen molar-refractivity contribution >= 4 is 11.9 Å². The average Bonchev–Trinajstić information content (AvgIpc) is 2.38. The van der Waals surface area contributed by atoms with Crippen molar-refractivity contribution in [1.82, 2.24) is 15.1 Å². The molecule has 1 aliphatic heterocycles. The number of rotatable bonds is 6. The number of piperazine rings is 1. The molecule has 19 heavy (non-hydrogen) atoms. The highest BCUT2D eigenvalue weighted by molar-refractivity contribution is 5.77. The van der Waals surface area contributed by atoms with E-state index in [-0.39, 0.29) is 11.9 Å². The number of carboxylic acid groups (broad SMARTS) is 1. The van der Waals surface area contributed by atoms with E-state index < -0.39 is 12.0 Å². The molecule has 2 atom stereocenters. The first-order valence-corrected chi connectivity index (χ1v) is 6.93. The lowest BCUT2D eigenvalue weighted by atomic mass is 10.2. The molecular weight excluding hydrogens is 246 g/mol. The third-order valence-corrected chi connectivity index (χ3v) is 3.61. The van der Waals surface area contributed by atoms with Crippen molar-refractivity contribution < 1.29 is 14.7 Å². The second-order valence-corrected chi connectivity index (χ2v) is 5.09. The van der Waals surface area contributed by atoms with Gasteiger partial charge in [-0.3, -0.25) is 14.5 Å². The van der Waals surface area contributed by atoms with Gasteiger partial charge >= 0.3 is 5.97 Å². The Balaban J connectivity index is 2.37. The summed E-state index contributed by atoms with van der Waals surface area (Å²) >= 11 is 0. The summed E-state index contributed by atoms with van der Waals surface area (Å²) < 4.78 is 0. The van der Waals surface area contributed by atoms with Crippen molar-refractivity contribution in [3.8, 4) is 0 Å². The van der Waals surface area contributed by atoms with Gasteiger partial charge in [-0.05, 0) is 20.4 Å². The number of carboxylic acids is 1. The molecule has 110 valence electrons. The van der Waals surface area contributed by atoms with Crippen LogP contribution in [0.1, 0.15) is 27.2 Å². The van der Waals surface area contributed by atoms with Crippen molar-refractivity contribution in [2.75, 3.05) is 32.7 Å². The minimum Gasteiger partial charge on any atom is -0.480 e. The summed E-state index contributed by atoms with van der Waals surface area (Å²) in [7, 11) is 0. The van der Waals surface area contributed by atoms with Crippen LogP contribution < -0.4 is 5.32 Å². The van der Waals surface area contributed by atoms with Crippen molar-refractivity contribution in [2.24, 2.45) is 0 Å². The maximum atomic E-state index is 12.0. The molecule has 1 rings (SSSR count). The average molecular weight is 271 g/mol. The molecule has 0 aromatic rings. The topological polar surface area (TPSA) is 72.9 Å². The highest BCUT2D eigenvalue weighted by atomic mass is 16.4. The molecule has 2 N–H and O–H groups in total. The van der Waals surface area contributed by atoms with Gasteiger partial charge < -0.3 is 15.3 Å². The maximum absolute atomic E-state index is 12.0. The normalized spacial score (nSPS) is 20.1. The molecule has 1 aliphatic rings. The van der Waals surface area contributed by atoms with E-state index >= 15 is 0 Å². The first-order chi connectivity index (χ1) is 8.95. The number of hydrogen-bond acceptors (Lipinski definition) is 4. The van der Waals surface area contributed by atoms with Crippen LogP contribution in [0.15, 0.2) is 0 Å². The molecule has 0 saturated carbocycles. The smallest absolute Gasteiger partial charge is 0.320 e. The van der Waals surface area contributed by atoms with Crippen LogP contribution in [0.4, 0.5) is 0 Å². The SMILES string of the molecule is CCNC(C)CC(=O)N1CCN(C(C)C(=O)O)CC1. The number of carbonyl (C=O) groups is 2. The zero-order valence-electron chi connectivity index (χ0n) is 12.1. The van der Waals surface area contributed by atoms with E-state index in [9.17, 15) is 9.59 Å². The molecule has 0 aromatic carbocycles. The molecule has 2 unspecified atom stereocenters. The monoisotopic (exact) mass is 271 g/mol. The Kier molecular flexibility index (Phi) is 6.24. The first kappa shape index (κ1) is 15.9. The lowest BCUT2D eigenvalue weighted by Gasteiger charge is -2.37. The van der Waals surface area contributed by atoms with Gasteiger partial charge in [-0.25, -0.2) is 0 Å². The Morgan fingerprint density at radius 1 is 1.21 bits per heavy atom. The van der Waals surface area contributed by atoms with Crippen LogP contribution >= 0.6 is 0 Å². The molecule has 0 aliphatic carbocycles. The summed E-state index contributed by atoms with van der Waals surface area (Å²) in [6.45, 7) is 9.08. The summed E-state index contributed by atoms with van der Waals surface area (Å²) in [5.74, 6) is -0.656. The number of hydrogen-bond donors (Lipinski definition) is 2. The third-order valence-electron chi connectivity index (χ3n) is 3.61. The van der Waals surface area contributed by atoms with Crippen LogP contribution in [-0.2, 0) is 9.59 Å². The molecular formula is C13H25N3O3. The molecule has 0 aromatic heterocycles. The Morgan fingerprint density at radius 2 is 1.79 bits per heavy atom. The fourth-order valence-corrected chi connectivity index (χ4v) is 2.33. The van der Waals surface area contributed by atoms with E-state index in [2.05, 4.69) is 5.32 Å². The van der Waals surface area contributed by atoms with Gasteiger partial charge in [0.15, 0.2) is 0 Å². The van der Waals surface area contributed by atoms with Crippen LogP contribution in [-0.4, -0.2) is 71.6 Å². The van der Waals surface area contributed by atoms with Crippen LogP contribution in [0.25, 0.3) is 0 Å². The van der Waals surface area contributed by atoms with Crippen LogP contribution in [0.3, 0.4) is 0 Å². The summed E-state index contributed by atoms with van der Waals surface area (Å²) in [5, 5.41) is 12.2. The summed E-state index contributed by atoms with van der Waals surface area (Å²) in [6, 6.07) is -0.286. The molecule has 6 heteroatoms. The number of nitrogens with zero attached hydrogens (tertiary/aromatic N) is 2. The predicted octanol–water partition coefficient (Wildman–Crippen LogP) is -0.00820. The van der Waals surface area contributed by atoms with Gasteiger partial charge in [-0.2, -0.15) is 0 Å². The molecule has 1 fully saturated rings.